The third-order valence-corrected chi connectivity index (χ3v) is 13.2. The van der Waals surface area contributed by atoms with Crippen LogP contribution in [0.4, 0.5) is 0 Å². The smallest absolute Gasteiger partial charge is 0.245 e. The van der Waals surface area contributed by atoms with Gasteiger partial charge in [-0.1, -0.05) is 176 Å². The van der Waals surface area contributed by atoms with Gasteiger partial charge in [-0.2, -0.15) is 0 Å². The molecule has 66 heavy (non-hydrogen) atoms. The van der Waals surface area contributed by atoms with Gasteiger partial charge in [0, 0.05) is 23.9 Å². The first kappa shape index (κ1) is 40.3. The molecule has 11 aromatic rings. The van der Waals surface area contributed by atoms with E-state index in [1.165, 1.54) is 0 Å². The molecule has 10 aromatic carbocycles. The van der Waals surface area contributed by atoms with Gasteiger partial charge in [-0.05, 0) is 97.2 Å². The molecule has 0 radical (unpaired) electrons. The number of fused-ring (bicyclic) bond motifs is 8. The van der Waals surface area contributed by atoms with Crippen LogP contribution in [0.3, 0.4) is 0 Å². The van der Waals surface area contributed by atoms with Crippen LogP contribution in [0.1, 0.15) is 27.8 Å². The van der Waals surface area contributed by atoms with Crippen LogP contribution in [0.15, 0.2) is 209 Å². The van der Waals surface area contributed by atoms with Gasteiger partial charge >= 0.3 is 0 Å². The molecule has 0 aliphatic heterocycles. The molecule has 1 aromatic heterocycles. The molecule has 0 atom stereocenters. The number of aliphatic hydroxyl groups is 1. The van der Waals surface area contributed by atoms with E-state index in [1.807, 2.05) is 150 Å². The lowest BCUT2D eigenvalue weighted by Gasteiger charge is -2.34. The number of aryl methyl sites for hydroxylation is 1. The molecule has 0 spiro atoms. The number of phenols is 3. The Hall–Kier alpha value is -8.52. The van der Waals surface area contributed by atoms with Crippen molar-refractivity contribution in [1.82, 2.24) is 4.57 Å². The van der Waals surface area contributed by atoms with Gasteiger partial charge in [-0.15, -0.1) is 0 Å². The minimum absolute atomic E-state index is 0.0109. The molecule has 0 fully saturated rings. The molecule has 0 bridgehead atoms. The molecule has 4 N–H and O–H groups in total. The second-order valence-corrected chi connectivity index (χ2v) is 16.5. The molecule has 0 saturated heterocycles. The molecule has 1 heterocycles. The van der Waals surface area contributed by atoms with Gasteiger partial charge in [0.1, 0.15) is 22.5 Å². The summed E-state index contributed by atoms with van der Waals surface area (Å²) in [5.41, 5.74) is 9.15. The molecule has 0 amide bonds. The van der Waals surface area contributed by atoms with E-state index in [0.717, 1.165) is 67.6 Å². The average molecular weight is 862 g/mol. The fraction of sp³-hybridized carbons (Fsp3) is 0.0508. The van der Waals surface area contributed by atoms with Crippen LogP contribution < -0.4 is 0 Å². The number of aromatic hydroxyl groups is 3. The Kier molecular flexibility index (Phi) is 9.72. The Balaban J connectivity index is 0.00000238. The minimum Gasteiger partial charge on any atom is -0.507 e. The number of hydrogen-bond donors (Lipinski definition) is 4. The second kappa shape index (κ2) is 15.9. The summed E-state index contributed by atoms with van der Waals surface area (Å²) in [6, 6.07) is 66.9. The van der Waals surface area contributed by atoms with E-state index >= 15 is 0 Å². The van der Waals surface area contributed by atoms with Gasteiger partial charge in [0.2, 0.25) is 11.2 Å². The van der Waals surface area contributed by atoms with Crippen molar-refractivity contribution in [3.05, 3.63) is 228 Å². The van der Waals surface area contributed by atoms with Crippen molar-refractivity contribution in [3.63, 3.8) is 0 Å². The van der Waals surface area contributed by atoms with E-state index in [1.54, 1.807) is 6.92 Å². The Labute approximate surface area is 380 Å². The van der Waals surface area contributed by atoms with Gasteiger partial charge in [0.25, 0.3) is 0 Å². The maximum Gasteiger partial charge on any atom is 0.245 e. The lowest BCUT2D eigenvalue weighted by atomic mass is 9.67. The van der Waals surface area contributed by atoms with Crippen molar-refractivity contribution >= 4 is 43.7 Å². The van der Waals surface area contributed by atoms with Crippen molar-refractivity contribution in [3.8, 4) is 56.3 Å². The summed E-state index contributed by atoms with van der Waals surface area (Å²) >= 11 is 0. The lowest BCUT2D eigenvalue weighted by molar-refractivity contribution is 0.0896. The number of benzene rings is 10. The van der Waals surface area contributed by atoms with E-state index in [2.05, 4.69) is 54.6 Å². The van der Waals surface area contributed by atoms with Crippen molar-refractivity contribution in [2.45, 2.75) is 12.3 Å². The summed E-state index contributed by atoms with van der Waals surface area (Å²) in [5.74, 6) is -0.480. The standard InChI is InChI=1S/C58H39NO5.CH4O/c1-35-52-57(55(61)50(54(35)60)46-33-38-19-11-12-24-42(38)43-25-13-14-26-44(43)46)64-63-49-34-47-45-27-15-16-28-48(45)58(39-20-7-3-8-21-39,40-22-9-4-10-23-40)51(47)56(62)53(49)59(52)41-31-29-37(30-32-41)36-17-5-2-6-18-36;1-2/h2-34,60-62H,1H3;2H,1H3. The van der Waals surface area contributed by atoms with Gasteiger partial charge in [-0.3, -0.25) is 13.7 Å². The third-order valence-electron chi connectivity index (χ3n) is 13.2. The quantitative estimate of drug-likeness (QED) is 0.101. The molecule has 1 aliphatic carbocycles. The monoisotopic (exact) mass is 861 g/mol. The van der Waals surface area contributed by atoms with Crippen LogP contribution in [0.2, 0.25) is 0 Å². The summed E-state index contributed by atoms with van der Waals surface area (Å²) in [5, 5.41) is 49.6. The van der Waals surface area contributed by atoms with Crippen LogP contribution in [0.5, 0.6) is 17.2 Å². The van der Waals surface area contributed by atoms with E-state index in [0.29, 0.717) is 33.4 Å². The van der Waals surface area contributed by atoms with Crippen molar-refractivity contribution in [2.75, 3.05) is 7.11 Å². The van der Waals surface area contributed by atoms with Crippen LogP contribution in [0, 0.1) is 6.92 Å². The van der Waals surface area contributed by atoms with E-state index in [9.17, 15) is 15.3 Å². The fourth-order valence-electron chi connectivity index (χ4n) is 10.4. The Morgan fingerprint density at radius 2 is 1.02 bits per heavy atom. The molecule has 12 rings (SSSR count). The summed E-state index contributed by atoms with van der Waals surface area (Å²) in [7, 11) is 1.00. The summed E-state index contributed by atoms with van der Waals surface area (Å²) in [4.78, 5) is 0. The van der Waals surface area contributed by atoms with E-state index < -0.39 is 5.41 Å². The molecule has 0 saturated carbocycles. The highest BCUT2D eigenvalue weighted by Crippen LogP contribution is 2.60. The highest BCUT2D eigenvalue weighted by atomic mass is 17.0. The Bertz CT molecular complexity index is 3660. The molecular weight excluding hydrogens is 819 g/mol. The number of aliphatic hydroxyl groups excluding tert-OH is 1. The van der Waals surface area contributed by atoms with Crippen LogP contribution >= 0.6 is 0 Å². The number of hydrogen-bond acceptors (Lipinski definition) is 6. The number of aromatic nitrogens is 1. The number of phenolic OH excluding ortho intramolecular Hbond substituents is 3. The van der Waals surface area contributed by atoms with Crippen molar-refractivity contribution in [2.24, 2.45) is 0 Å². The van der Waals surface area contributed by atoms with Crippen molar-refractivity contribution < 1.29 is 29.6 Å². The summed E-state index contributed by atoms with van der Waals surface area (Å²) in [6.07, 6.45) is 0. The maximum absolute atomic E-state index is 13.5. The van der Waals surface area contributed by atoms with Crippen LogP contribution in [-0.4, -0.2) is 32.1 Å². The first-order chi connectivity index (χ1) is 32.4. The Morgan fingerprint density at radius 1 is 0.455 bits per heavy atom. The molecule has 0 unspecified atom stereocenters. The number of nitrogens with zero attached hydrogens (tertiary/aromatic N) is 1. The molecule has 320 valence electrons. The Morgan fingerprint density at radius 3 is 1.70 bits per heavy atom. The van der Waals surface area contributed by atoms with Gasteiger partial charge in [0.15, 0.2) is 5.75 Å². The zero-order chi connectivity index (χ0) is 45.1. The zero-order valence-corrected chi connectivity index (χ0v) is 36.1. The van der Waals surface area contributed by atoms with Gasteiger partial charge in [-0.25, -0.2) is 0 Å². The average Bonchev–Trinajstić information content (AvgIpc) is 3.56. The van der Waals surface area contributed by atoms with Crippen LogP contribution in [-0.2, 0) is 5.41 Å². The third kappa shape index (κ3) is 5.87. The van der Waals surface area contributed by atoms with E-state index in [-0.39, 0.29) is 34.0 Å². The largest absolute Gasteiger partial charge is 0.507 e. The minimum atomic E-state index is -0.952. The molecule has 1 aliphatic rings. The first-order valence-electron chi connectivity index (χ1n) is 21.8. The second-order valence-electron chi connectivity index (χ2n) is 16.5. The summed E-state index contributed by atoms with van der Waals surface area (Å²) < 4.78 is 14.6. The molecule has 7 nitrogen and oxygen atoms in total. The van der Waals surface area contributed by atoms with Crippen LogP contribution in [0.25, 0.3) is 82.8 Å². The predicted molar refractivity (Wildman–Crippen MR) is 264 cm³/mol. The van der Waals surface area contributed by atoms with E-state index in [4.69, 9.17) is 14.3 Å². The van der Waals surface area contributed by atoms with Gasteiger partial charge in [0.05, 0.1) is 11.0 Å². The SMILES string of the molecule is CO.Cc1c(O)c(-c2cc3ccccc3c3ccccc23)c(O)c2ooc3cc4c(c(O)c3n(-c3ccc(-c5ccccc5)cc3)c12)C(c1ccccc1)(c1ccccc1)c1ccccc1-4. The lowest BCUT2D eigenvalue weighted by Crippen LogP contribution is -2.28. The summed E-state index contributed by atoms with van der Waals surface area (Å²) in [6.45, 7) is 1.80. The number of rotatable bonds is 5. The topological polar surface area (TPSA) is 112 Å². The fourth-order valence-corrected chi connectivity index (χ4v) is 10.4. The first-order valence-corrected chi connectivity index (χ1v) is 21.8. The van der Waals surface area contributed by atoms with Gasteiger partial charge < -0.3 is 20.4 Å². The normalized spacial score (nSPS) is 12.5. The maximum atomic E-state index is 13.5. The predicted octanol–water partition coefficient (Wildman–Crippen LogP) is 14.1. The van der Waals surface area contributed by atoms with Crippen molar-refractivity contribution in [1.29, 1.82) is 0 Å². The highest BCUT2D eigenvalue weighted by molar-refractivity contribution is 6.16. The zero-order valence-electron chi connectivity index (χ0n) is 36.1. The molecular formula is C59H43NO6. The highest BCUT2D eigenvalue weighted by Gasteiger charge is 2.49. The molecule has 7 heteroatoms.